The molecule has 0 radical (unpaired) electrons. The smallest absolute Gasteiger partial charge is 0.256 e. The minimum atomic E-state index is -3.60. The number of para-hydroxylation sites is 1. The largest absolute Gasteiger partial charge is 0.370 e. The molecule has 0 saturated heterocycles. The van der Waals surface area contributed by atoms with E-state index in [-0.39, 0.29) is 0 Å². The molecule has 0 saturated carbocycles. The Morgan fingerprint density at radius 3 is 2.20 bits per heavy atom. The van der Waals surface area contributed by atoms with Crippen LogP contribution in [-0.4, -0.2) is 4.89 Å². The van der Waals surface area contributed by atoms with Crippen molar-refractivity contribution in [2.45, 2.75) is 5.78 Å². The van der Waals surface area contributed by atoms with Crippen molar-refractivity contribution in [3.8, 4) is 0 Å². The van der Waals surface area contributed by atoms with Crippen LogP contribution in [0.1, 0.15) is 11.3 Å². The van der Waals surface area contributed by atoms with Crippen LogP contribution < -0.4 is 5.32 Å². The number of anilines is 1. The fraction of sp³-hybridized carbons (Fsp3) is 0.0625. The molecule has 0 aromatic heterocycles. The maximum Gasteiger partial charge on any atom is 0.256 e. The van der Waals surface area contributed by atoms with E-state index in [1.54, 1.807) is 0 Å². The first-order valence-corrected chi connectivity index (χ1v) is 7.99. The molecule has 3 nitrogen and oxygen atoms in total. The van der Waals surface area contributed by atoms with Gasteiger partial charge in [0.2, 0.25) is 0 Å². The Bertz CT molecular complexity index is 649. The van der Waals surface area contributed by atoms with Crippen LogP contribution in [0.5, 0.6) is 0 Å². The third-order valence-electron chi connectivity index (χ3n) is 2.84. The van der Waals surface area contributed by atoms with Crippen LogP contribution in [0.3, 0.4) is 0 Å². The van der Waals surface area contributed by atoms with Crippen molar-refractivity contribution in [2.24, 2.45) is 0 Å². The Hall–Kier alpha value is -2.05. The molecule has 0 spiro atoms. The Kier molecular flexibility index (Phi) is 4.60. The van der Waals surface area contributed by atoms with E-state index in [2.05, 4.69) is 17.6 Å². The zero-order chi connectivity index (χ0) is 14.4. The highest BCUT2D eigenvalue weighted by molar-refractivity contribution is 7.61. The lowest BCUT2D eigenvalue weighted by Gasteiger charge is -2.23. The average molecular weight is 285 g/mol. The third kappa shape index (κ3) is 3.49. The van der Waals surface area contributed by atoms with Crippen LogP contribution in [-0.2, 0) is 4.57 Å². The van der Waals surface area contributed by atoms with E-state index in [0.29, 0.717) is 0 Å². The summed E-state index contributed by atoms with van der Waals surface area (Å²) in [5, 5.41) is 3.11. The lowest BCUT2D eigenvalue weighted by molar-refractivity contribution is 0.479. The summed E-state index contributed by atoms with van der Waals surface area (Å²) in [5.41, 5.74) is 3.95. The third-order valence-corrected chi connectivity index (χ3v) is 4.56. The molecule has 2 rings (SSSR count). The molecule has 20 heavy (non-hydrogen) atoms. The van der Waals surface area contributed by atoms with Crippen molar-refractivity contribution in [1.82, 2.24) is 0 Å². The second-order valence-corrected chi connectivity index (χ2v) is 6.45. The predicted molar refractivity (Wildman–Crippen MR) is 82.8 cm³/mol. The van der Waals surface area contributed by atoms with E-state index < -0.39 is 13.2 Å². The Balaban J connectivity index is 2.40. The fourth-order valence-corrected chi connectivity index (χ4v) is 3.27. The van der Waals surface area contributed by atoms with Gasteiger partial charge in [0.1, 0.15) is 5.78 Å². The maximum atomic E-state index is 12.5. The van der Waals surface area contributed by atoms with Crippen LogP contribution in [0.2, 0.25) is 0 Å². The molecular formula is C16H16NO2P. The van der Waals surface area contributed by atoms with Gasteiger partial charge in [0, 0.05) is 11.5 Å². The average Bonchev–Trinajstić information content (AvgIpc) is 2.46. The number of hydrogen-bond donors (Lipinski definition) is 2. The monoisotopic (exact) mass is 285 g/mol. The molecule has 2 atom stereocenters. The van der Waals surface area contributed by atoms with Crippen LogP contribution >= 0.6 is 7.37 Å². The van der Waals surface area contributed by atoms with E-state index in [9.17, 15) is 9.46 Å². The molecule has 2 N–H and O–H groups in total. The molecule has 0 fully saturated rings. The van der Waals surface area contributed by atoms with E-state index in [1.807, 2.05) is 60.7 Å². The summed E-state index contributed by atoms with van der Waals surface area (Å²) in [6, 6.07) is 18.5. The molecule has 102 valence electrons. The van der Waals surface area contributed by atoms with Crippen molar-refractivity contribution in [2.75, 3.05) is 5.32 Å². The zero-order valence-electron chi connectivity index (χ0n) is 10.9. The standard InChI is InChI=1S/C16H16NO2P/c1-2-13-20(18,19)16(14-9-5-3-6-10-14)17-15-11-7-4-8-12-15/h3-13,16-17H,1H2,(H,18,19). The first-order chi connectivity index (χ1) is 9.63. The lowest BCUT2D eigenvalue weighted by atomic mass is 10.2. The Morgan fingerprint density at radius 2 is 1.65 bits per heavy atom. The van der Waals surface area contributed by atoms with E-state index in [4.69, 9.17) is 0 Å². The molecule has 0 aliphatic carbocycles. The van der Waals surface area contributed by atoms with Crippen LogP contribution in [0.15, 0.2) is 78.8 Å². The minimum absolute atomic E-state index is 0.722. The summed E-state index contributed by atoms with van der Waals surface area (Å²) in [5.74, 6) is 0.418. The molecule has 2 aromatic carbocycles. The highest BCUT2D eigenvalue weighted by Gasteiger charge is 2.29. The van der Waals surface area contributed by atoms with Gasteiger partial charge in [-0.3, -0.25) is 4.57 Å². The summed E-state index contributed by atoms with van der Waals surface area (Å²) >= 11 is 0. The molecule has 4 heteroatoms. The SMILES string of the molecule is C=C=CP(=O)(O)C(Nc1ccccc1)c1ccccc1. The summed E-state index contributed by atoms with van der Waals surface area (Å²) in [4.78, 5) is 10.2. The molecular weight excluding hydrogens is 269 g/mol. The van der Waals surface area contributed by atoms with Crippen LogP contribution in [0.25, 0.3) is 0 Å². The quantitative estimate of drug-likeness (QED) is 0.633. The Morgan fingerprint density at radius 1 is 1.10 bits per heavy atom. The molecule has 0 amide bonds. The van der Waals surface area contributed by atoms with Crippen molar-refractivity contribution in [3.05, 3.63) is 84.4 Å². The summed E-state index contributed by atoms with van der Waals surface area (Å²) in [6.45, 7) is 3.39. The second-order valence-electron chi connectivity index (χ2n) is 4.33. The molecule has 0 aliphatic heterocycles. The number of hydrogen-bond acceptors (Lipinski definition) is 2. The van der Waals surface area contributed by atoms with Gasteiger partial charge < -0.3 is 10.2 Å². The first-order valence-electron chi connectivity index (χ1n) is 6.19. The van der Waals surface area contributed by atoms with Gasteiger partial charge in [-0.15, -0.1) is 5.73 Å². The van der Waals surface area contributed by atoms with E-state index >= 15 is 0 Å². The second kappa shape index (κ2) is 6.40. The van der Waals surface area contributed by atoms with Gasteiger partial charge in [-0.25, -0.2) is 0 Å². The number of benzene rings is 2. The van der Waals surface area contributed by atoms with E-state index in [1.165, 1.54) is 0 Å². The van der Waals surface area contributed by atoms with Crippen molar-refractivity contribution in [1.29, 1.82) is 0 Å². The fourth-order valence-electron chi connectivity index (χ4n) is 1.92. The highest BCUT2D eigenvalue weighted by Crippen LogP contribution is 2.56. The van der Waals surface area contributed by atoms with Gasteiger partial charge in [0.25, 0.3) is 7.37 Å². The molecule has 0 bridgehead atoms. The molecule has 0 heterocycles. The number of rotatable bonds is 5. The molecule has 0 aliphatic rings. The molecule has 2 aromatic rings. The van der Waals surface area contributed by atoms with Crippen LogP contribution in [0.4, 0.5) is 5.69 Å². The van der Waals surface area contributed by atoms with Crippen LogP contribution in [0, 0.1) is 0 Å². The zero-order valence-corrected chi connectivity index (χ0v) is 11.8. The van der Waals surface area contributed by atoms with Crippen molar-refractivity contribution < 1.29 is 9.46 Å². The minimum Gasteiger partial charge on any atom is -0.370 e. The van der Waals surface area contributed by atoms with Gasteiger partial charge in [0.05, 0.1) is 0 Å². The summed E-state index contributed by atoms with van der Waals surface area (Å²) in [7, 11) is -3.60. The predicted octanol–water partition coefficient (Wildman–Crippen LogP) is 4.37. The van der Waals surface area contributed by atoms with Crippen molar-refractivity contribution in [3.63, 3.8) is 0 Å². The van der Waals surface area contributed by atoms with Gasteiger partial charge >= 0.3 is 0 Å². The van der Waals surface area contributed by atoms with Gasteiger partial charge in [-0.1, -0.05) is 55.1 Å². The van der Waals surface area contributed by atoms with E-state index in [0.717, 1.165) is 17.1 Å². The first kappa shape index (κ1) is 14.4. The summed E-state index contributed by atoms with van der Waals surface area (Å²) in [6.07, 6.45) is 0. The highest BCUT2D eigenvalue weighted by atomic mass is 31.2. The number of nitrogens with one attached hydrogen (secondary N) is 1. The maximum absolute atomic E-state index is 12.5. The van der Waals surface area contributed by atoms with Gasteiger partial charge in [-0.05, 0) is 17.7 Å². The van der Waals surface area contributed by atoms with Gasteiger partial charge in [-0.2, -0.15) is 0 Å². The molecule has 2 unspecified atom stereocenters. The topological polar surface area (TPSA) is 49.3 Å². The lowest BCUT2D eigenvalue weighted by Crippen LogP contribution is -2.10. The van der Waals surface area contributed by atoms with Crippen molar-refractivity contribution >= 4 is 13.1 Å². The normalized spacial score (nSPS) is 14.7. The Labute approximate surface area is 118 Å². The van der Waals surface area contributed by atoms with Gasteiger partial charge in [0.15, 0.2) is 0 Å². The summed E-state index contributed by atoms with van der Waals surface area (Å²) < 4.78 is 12.5.